The van der Waals surface area contributed by atoms with Crippen LogP contribution in [-0.4, -0.2) is 36.1 Å². The molecule has 4 fully saturated rings. The van der Waals surface area contributed by atoms with Gasteiger partial charge in [0.05, 0.1) is 30.0 Å². The average Bonchev–Trinajstić information content (AvgIpc) is 2.92. The number of hydrogen-bond donors (Lipinski definition) is 0. The zero-order chi connectivity index (χ0) is 10.0. The van der Waals surface area contributed by atoms with Gasteiger partial charge in [0, 0.05) is 12.8 Å². The summed E-state index contributed by atoms with van der Waals surface area (Å²) >= 11 is 0. The normalized spacial score (nSPS) is 61.0. The van der Waals surface area contributed by atoms with Gasteiger partial charge < -0.3 is 14.2 Å². The number of epoxide rings is 1. The first-order valence-electron chi connectivity index (χ1n) is 6.29. The molecule has 3 heterocycles. The monoisotopic (exact) mass is 210 g/mol. The van der Waals surface area contributed by atoms with Crippen LogP contribution in [0.25, 0.3) is 0 Å². The van der Waals surface area contributed by atoms with Crippen molar-refractivity contribution in [2.24, 2.45) is 0 Å². The molecule has 1 spiro atoms. The minimum atomic E-state index is 0.0290. The Morgan fingerprint density at radius 2 is 1.93 bits per heavy atom. The summed E-state index contributed by atoms with van der Waals surface area (Å²) < 4.78 is 18.0. The minimum absolute atomic E-state index is 0.0290. The lowest BCUT2D eigenvalue weighted by atomic mass is 9.78. The second kappa shape index (κ2) is 2.76. The summed E-state index contributed by atoms with van der Waals surface area (Å²) in [5, 5.41) is 0. The Bertz CT molecular complexity index is 289. The summed E-state index contributed by atoms with van der Waals surface area (Å²) in [4.78, 5) is 0. The van der Waals surface area contributed by atoms with E-state index in [-0.39, 0.29) is 5.60 Å². The van der Waals surface area contributed by atoms with Gasteiger partial charge >= 0.3 is 0 Å². The van der Waals surface area contributed by atoms with E-state index in [1.165, 1.54) is 12.8 Å². The maximum atomic E-state index is 6.31. The van der Waals surface area contributed by atoms with E-state index in [9.17, 15) is 0 Å². The van der Waals surface area contributed by atoms with Gasteiger partial charge in [-0.15, -0.1) is 0 Å². The summed E-state index contributed by atoms with van der Waals surface area (Å²) in [6, 6.07) is 0. The van der Waals surface area contributed by atoms with Crippen LogP contribution in [0.3, 0.4) is 0 Å². The van der Waals surface area contributed by atoms with Crippen LogP contribution in [0.1, 0.15) is 39.0 Å². The third kappa shape index (κ3) is 1.12. The van der Waals surface area contributed by atoms with Crippen LogP contribution in [0.4, 0.5) is 0 Å². The molecule has 6 atom stereocenters. The van der Waals surface area contributed by atoms with Gasteiger partial charge in [-0.25, -0.2) is 0 Å². The Morgan fingerprint density at radius 3 is 2.73 bits per heavy atom. The Hall–Kier alpha value is -0.120. The van der Waals surface area contributed by atoms with E-state index < -0.39 is 0 Å². The molecule has 1 aliphatic carbocycles. The van der Waals surface area contributed by atoms with Gasteiger partial charge in [-0.3, -0.25) is 0 Å². The van der Waals surface area contributed by atoms with Crippen molar-refractivity contribution in [2.75, 3.05) is 0 Å². The molecule has 0 amide bonds. The molecule has 3 unspecified atom stereocenters. The SMILES string of the molecule is CCC1CC[C@@H]2O[C@@H]3CC2(CC2O[C@H]23)O1. The van der Waals surface area contributed by atoms with E-state index in [1.54, 1.807) is 0 Å². The summed E-state index contributed by atoms with van der Waals surface area (Å²) in [5.74, 6) is 0. The predicted octanol–water partition coefficient (Wildman–Crippen LogP) is 1.64. The van der Waals surface area contributed by atoms with E-state index in [4.69, 9.17) is 14.2 Å². The van der Waals surface area contributed by atoms with Crippen molar-refractivity contribution < 1.29 is 14.2 Å². The van der Waals surface area contributed by atoms with Crippen LogP contribution in [0.5, 0.6) is 0 Å². The van der Waals surface area contributed by atoms with Crippen LogP contribution >= 0.6 is 0 Å². The van der Waals surface area contributed by atoms with Crippen molar-refractivity contribution in [3.05, 3.63) is 0 Å². The molecule has 3 saturated heterocycles. The van der Waals surface area contributed by atoms with Crippen LogP contribution in [0.15, 0.2) is 0 Å². The highest BCUT2D eigenvalue weighted by Crippen LogP contribution is 2.55. The summed E-state index contributed by atoms with van der Waals surface area (Å²) in [5.41, 5.74) is 0.0290. The molecule has 0 aromatic rings. The fraction of sp³-hybridized carbons (Fsp3) is 1.00. The lowest BCUT2D eigenvalue weighted by Gasteiger charge is -2.42. The van der Waals surface area contributed by atoms with Gasteiger partial charge in [-0.2, -0.15) is 0 Å². The van der Waals surface area contributed by atoms with E-state index in [2.05, 4.69) is 6.92 Å². The van der Waals surface area contributed by atoms with Crippen LogP contribution in [-0.2, 0) is 14.2 Å². The lowest BCUT2D eigenvalue weighted by Crippen LogP contribution is -2.50. The molecule has 3 heteroatoms. The molecule has 2 bridgehead atoms. The van der Waals surface area contributed by atoms with E-state index in [0.29, 0.717) is 30.5 Å². The predicted molar refractivity (Wildman–Crippen MR) is 53.7 cm³/mol. The lowest BCUT2D eigenvalue weighted by molar-refractivity contribution is -0.169. The standard InChI is InChI=1S/C12H18O3/c1-2-7-3-4-10-12(15-7)5-8(13-10)11-9(6-12)14-11/h7-11H,2-6H2,1H3/t7?,8-,9?,10+,11+,12?/m1/s1. The number of fused-ring (bicyclic) bond motifs is 3. The summed E-state index contributed by atoms with van der Waals surface area (Å²) in [6.07, 6.45) is 7.66. The number of hydrogen-bond acceptors (Lipinski definition) is 3. The van der Waals surface area contributed by atoms with Gasteiger partial charge in [-0.1, -0.05) is 6.92 Å². The third-order valence-electron chi connectivity index (χ3n) is 4.61. The molecular weight excluding hydrogens is 192 g/mol. The fourth-order valence-electron chi connectivity index (χ4n) is 3.77. The van der Waals surface area contributed by atoms with E-state index >= 15 is 0 Å². The highest BCUT2D eigenvalue weighted by atomic mass is 16.6. The Balaban J connectivity index is 1.63. The molecule has 3 aliphatic heterocycles. The zero-order valence-corrected chi connectivity index (χ0v) is 9.15. The maximum absolute atomic E-state index is 6.31. The average molecular weight is 210 g/mol. The molecule has 3 nitrogen and oxygen atoms in total. The molecule has 15 heavy (non-hydrogen) atoms. The van der Waals surface area contributed by atoms with Crippen LogP contribution in [0.2, 0.25) is 0 Å². The van der Waals surface area contributed by atoms with Gasteiger partial charge in [0.15, 0.2) is 0 Å². The zero-order valence-electron chi connectivity index (χ0n) is 9.15. The minimum Gasteiger partial charge on any atom is -0.369 e. The molecule has 0 aromatic heterocycles. The largest absolute Gasteiger partial charge is 0.369 e. The van der Waals surface area contributed by atoms with Gasteiger partial charge in [-0.05, 0) is 19.3 Å². The third-order valence-corrected chi connectivity index (χ3v) is 4.61. The van der Waals surface area contributed by atoms with Crippen LogP contribution < -0.4 is 0 Å². The van der Waals surface area contributed by atoms with Crippen molar-refractivity contribution >= 4 is 0 Å². The Kier molecular flexibility index (Phi) is 1.65. The first-order chi connectivity index (χ1) is 7.31. The Morgan fingerprint density at radius 1 is 1.13 bits per heavy atom. The number of ether oxygens (including phenoxy) is 3. The molecular formula is C12H18O3. The second-order valence-corrected chi connectivity index (χ2v) is 5.50. The highest BCUT2D eigenvalue weighted by molar-refractivity contribution is 5.14. The van der Waals surface area contributed by atoms with E-state index in [0.717, 1.165) is 19.3 Å². The van der Waals surface area contributed by atoms with Gasteiger partial charge in [0.2, 0.25) is 0 Å². The molecule has 4 aliphatic rings. The smallest absolute Gasteiger partial charge is 0.110 e. The molecule has 0 radical (unpaired) electrons. The fourth-order valence-corrected chi connectivity index (χ4v) is 3.77. The number of rotatable bonds is 1. The quantitative estimate of drug-likeness (QED) is 0.616. The van der Waals surface area contributed by atoms with Crippen molar-refractivity contribution in [3.8, 4) is 0 Å². The maximum Gasteiger partial charge on any atom is 0.110 e. The Labute approximate surface area is 90.1 Å². The van der Waals surface area contributed by atoms with Crippen molar-refractivity contribution in [3.63, 3.8) is 0 Å². The van der Waals surface area contributed by atoms with Crippen LogP contribution in [0, 0.1) is 0 Å². The van der Waals surface area contributed by atoms with Crippen molar-refractivity contribution in [1.29, 1.82) is 0 Å². The molecule has 4 rings (SSSR count). The second-order valence-electron chi connectivity index (χ2n) is 5.50. The van der Waals surface area contributed by atoms with Gasteiger partial charge in [0.25, 0.3) is 0 Å². The van der Waals surface area contributed by atoms with Crippen molar-refractivity contribution in [2.45, 2.75) is 75.1 Å². The topological polar surface area (TPSA) is 31.0 Å². The molecule has 0 aromatic carbocycles. The molecule has 84 valence electrons. The summed E-state index contributed by atoms with van der Waals surface area (Å²) in [7, 11) is 0. The first-order valence-corrected chi connectivity index (χ1v) is 6.29. The molecule has 1 saturated carbocycles. The van der Waals surface area contributed by atoms with Crippen molar-refractivity contribution in [1.82, 2.24) is 0 Å². The summed E-state index contributed by atoms with van der Waals surface area (Å²) in [6.45, 7) is 2.22. The van der Waals surface area contributed by atoms with Gasteiger partial charge in [0.1, 0.15) is 6.10 Å². The first kappa shape index (κ1) is 8.97. The molecule has 0 N–H and O–H groups in total. The highest BCUT2D eigenvalue weighted by Gasteiger charge is 2.66. The van der Waals surface area contributed by atoms with E-state index in [1.807, 2.05) is 0 Å².